The number of carbonyl (C=O) groups excluding carboxylic acids is 2. The lowest BCUT2D eigenvalue weighted by molar-refractivity contribution is -0.123. The van der Waals surface area contributed by atoms with Gasteiger partial charge in [0.1, 0.15) is 0 Å². The number of amides is 2. The molecule has 2 fully saturated rings. The number of nitrogens with zero attached hydrogens (tertiary/aromatic N) is 1. The number of hydrogen-bond acceptors (Lipinski definition) is 4. The predicted molar refractivity (Wildman–Crippen MR) is 77.2 cm³/mol. The van der Waals surface area contributed by atoms with Gasteiger partial charge in [-0.3, -0.25) is 14.5 Å². The zero-order chi connectivity index (χ0) is 14.5. The van der Waals surface area contributed by atoms with Crippen molar-refractivity contribution in [3.63, 3.8) is 0 Å². The Morgan fingerprint density at radius 3 is 2.70 bits per heavy atom. The van der Waals surface area contributed by atoms with Crippen LogP contribution in [0.5, 0.6) is 0 Å². The highest BCUT2D eigenvalue weighted by atomic mass is 16.2. The van der Waals surface area contributed by atoms with Crippen molar-refractivity contribution in [1.29, 1.82) is 0 Å². The topological polar surface area (TPSA) is 73.5 Å². The summed E-state index contributed by atoms with van der Waals surface area (Å²) in [6.07, 6.45) is 1.10. The Morgan fingerprint density at radius 1 is 1.25 bits per heavy atom. The van der Waals surface area contributed by atoms with Crippen molar-refractivity contribution < 1.29 is 9.59 Å². The lowest BCUT2D eigenvalue weighted by Gasteiger charge is -2.26. The van der Waals surface area contributed by atoms with Crippen LogP contribution >= 0.6 is 0 Å². The van der Waals surface area contributed by atoms with Gasteiger partial charge in [0.05, 0.1) is 6.54 Å². The number of likely N-dealkylation sites (tertiary alicyclic amines) is 1. The van der Waals surface area contributed by atoms with Gasteiger partial charge in [0, 0.05) is 32.6 Å². The van der Waals surface area contributed by atoms with Crippen LogP contribution in [0.1, 0.15) is 20.3 Å². The minimum Gasteiger partial charge on any atom is -0.355 e. The van der Waals surface area contributed by atoms with E-state index in [0.29, 0.717) is 37.5 Å². The van der Waals surface area contributed by atoms with Crippen molar-refractivity contribution in [2.24, 2.45) is 11.8 Å². The third kappa shape index (κ3) is 3.70. The average Bonchev–Trinajstić information content (AvgIpc) is 2.94. The second kappa shape index (κ2) is 7.04. The highest BCUT2D eigenvalue weighted by Crippen LogP contribution is 2.33. The summed E-state index contributed by atoms with van der Waals surface area (Å²) >= 11 is 0. The maximum absolute atomic E-state index is 11.9. The smallest absolute Gasteiger partial charge is 0.234 e. The molecule has 114 valence electrons. The summed E-state index contributed by atoms with van der Waals surface area (Å²) in [6, 6.07) is 0.524. The predicted octanol–water partition coefficient (Wildman–Crippen LogP) is -0.831. The van der Waals surface area contributed by atoms with E-state index in [1.165, 1.54) is 6.92 Å². The van der Waals surface area contributed by atoms with Crippen LogP contribution in [0.3, 0.4) is 0 Å². The first-order valence-corrected chi connectivity index (χ1v) is 7.57. The zero-order valence-corrected chi connectivity index (χ0v) is 12.4. The Labute approximate surface area is 120 Å². The van der Waals surface area contributed by atoms with E-state index >= 15 is 0 Å². The van der Waals surface area contributed by atoms with Gasteiger partial charge in [0.15, 0.2) is 0 Å². The summed E-state index contributed by atoms with van der Waals surface area (Å²) in [6.45, 7) is 8.34. The molecule has 0 bridgehead atoms. The van der Waals surface area contributed by atoms with Gasteiger partial charge in [0.25, 0.3) is 0 Å². The third-order valence-corrected chi connectivity index (χ3v) is 4.41. The second-order valence-corrected chi connectivity index (χ2v) is 5.82. The molecular formula is C14H26N4O2. The van der Waals surface area contributed by atoms with E-state index in [4.69, 9.17) is 0 Å². The molecule has 3 N–H and O–H groups in total. The Hall–Kier alpha value is -1.14. The van der Waals surface area contributed by atoms with Crippen molar-refractivity contribution in [3.05, 3.63) is 0 Å². The van der Waals surface area contributed by atoms with Crippen LogP contribution < -0.4 is 16.0 Å². The van der Waals surface area contributed by atoms with Crippen LogP contribution in [-0.4, -0.2) is 62.0 Å². The van der Waals surface area contributed by atoms with Gasteiger partial charge in [-0.2, -0.15) is 0 Å². The minimum atomic E-state index is -0.0647. The molecule has 0 aromatic heterocycles. The largest absolute Gasteiger partial charge is 0.355 e. The standard InChI is InChI=1S/C14H26N4O2/c1-3-13-12-7-15-6-11(12)8-18(13)9-14(20)17-5-4-16-10(2)19/h11-13,15H,3-9H2,1-2H3,(H,16,19)(H,17,20). The van der Waals surface area contributed by atoms with Gasteiger partial charge in [0.2, 0.25) is 11.8 Å². The molecule has 2 aliphatic heterocycles. The van der Waals surface area contributed by atoms with Gasteiger partial charge < -0.3 is 16.0 Å². The molecule has 2 rings (SSSR count). The third-order valence-electron chi connectivity index (χ3n) is 4.41. The first-order valence-electron chi connectivity index (χ1n) is 7.57. The Bertz CT molecular complexity index is 361. The number of carbonyl (C=O) groups is 2. The molecule has 0 aromatic rings. The van der Waals surface area contributed by atoms with Crippen LogP contribution in [0.4, 0.5) is 0 Å². The summed E-state index contributed by atoms with van der Waals surface area (Å²) in [5.41, 5.74) is 0. The number of nitrogens with one attached hydrogen (secondary N) is 3. The van der Waals surface area contributed by atoms with E-state index in [0.717, 1.165) is 26.1 Å². The Balaban J connectivity index is 1.72. The van der Waals surface area contributed by atoms with E-state index in [9.17, 15) is 9.59 Å². The summed E-state index contributed by atoms with van der Waals surface area (Å²) < 4.78 is 0. The van der Waals surface area contributed by atoms with Crippen LogP contribution in [-0.2, 0) is 9.59 Å². The maximum atomic E-state index is 11.9. The van der Waals surface area contributed by atoms with Gasteiger partial charge in [-0.15, -0.1) is 0 Å². The van der Waals surface area contributed by atoms with Gasteiger partial charge in [-0.05, 0) is 31.3 Å². The lowest BCUT2D eigenvalue weighted by Crippen LogP contribution is -2.43. The summed E-state index contributed by atoms with van der Waals surface area (Å²) in [7, 11) is 0. The molecule has 0 aromatic carbocycles. The zero-order valence-electron chi connectivity index (χ0n) is 12.4. The molecule has 0 spiro atoms. The van der Waals surface area contributed by atoms with Gasteiger partial charge in [-0.1, -0.05) is 6.92 Å². The Kier molecular flexibility index (Phi) is 5.37. The molecule has 6 nitrogen and oxygen atoms in total. The molecule has 0 aliphatic carbocycles. The number of rotatable bonds is 6. The Morgan fingerprint density at radius 2 is 2.00 bits per heavy atom. The molecule has 3 atom stereocenters. The van der Waals surface area contributed by atoms with E-state index in [1.807, 2.05) is 0 Å². The first-order chi connectivity index (χ1) is 9.61. The molecule has 6 heteroatoms. The summed E-state index contributed by atoms with van der Waals surface area (Å²) in [5, 5.41) is 8.98. The van der Waals surface area contributed by atoms with E-state index < -0.39 is 0 Å². The second-order valence-electron chi connectivity index (χ2n) is 5.82. The summed E-state index contributed by atoms with van der Waals surface area (Å²) in [4.78, 5) is 25.0. The van der Waals surface area contributed by atoms with Crippen molar-refractivity contribution in [3.8, 4) is 0 Å². The lowest BCUT2D eigenvalue weighted by atomic mass is 9.93. The molecule has 2 saturated heterocycles. The fourth-order valence-corrected chi connectivity index (χ4v) is 3.53. The van der Waals surface area contributed by atoms with Gasteiger partial charge in [-0.25, -0.2) is 0 Å². The van der Waals surface area contributed by atoms with Crippen molar-refractivity contribution in [1.82, 2.24) is 20.9 Å². The maximum Gasteiger partial charge on any atom is 0.234 e. The van der Waals surface area contributed by atoms with Crippen LogP contribution in [0, 0.1) is 11.8 Å². The monoisotopic (exact) mass is 282 g/mol. The molecular weight excluding hydrogens is 256 g/mol. The van der Waals surface area contributed by atoms with E-state index in [2.05, 4.69) is 27.8 Å². The first kappa shape index (κ1) is 15.3. The van der Waals surface area contributed by atoms with E-state index in [-0.39, 0.29) is 11.8 Å². The highest BCUT2D eigenvalue weighted by Gasteiger charge is 2.43. The molecule has 2 aliphatic rings. The molecule has 3 unspecified atom stereocenters. The molecule has 0 radical (unpaired) electrons. The average molecular weight is 282 g/mol. The van der Waals surface area contributed by atoms with E-state index in [1.54, 1.807) is 0 Å². The van der Waals surface area contributed by atoms with Crippen molar-refractivity contribution in [2.75, 3.05) is 39.3 Å². The normalized spacial score (nSPS) is 29.2. The number of fused-ring (bicyclic) bond motifs is 1. The molecule has 0 saturated carbocycles. The van der Waals surface area contributed by atoms with Crippen LogP contribution in [0.2, 0.25) is 0 Å². The van der Waals surface area contributed by atoms with Crippen LogP contribution in [0.25, 0.3) is 0 Å². The molecule has 20 heavy (non-hydrogen) atoms. The van der Waals surface area contributed by atoms with Crippen LogP contribution in [0.15, 0.2) is 0 Å². The van der Waals surface area contributed by atoms with Gasteiger partial charge >= 0.3 is 0 Å². The molecule has 2 heterocycles. The number of hydrogen-bond donors (Lipinski definition) is 3. The highest BCUT2D eigenvalue weighted by molar-refractivity contribution is 5.78. The van der Waals surface area contributed by atoms with Crippen molar-refractivity contribution >= 4 is 11.8 Å². The molecule has 2 amide bonds. The summed E-state index contributed by atoms with van der Waals surface area (Å²) in [5.74, 6) is 1.39. The fraction of sp³-hybridized carbons (Fsp3) is 0.857. The SMILES string of the molecule is CCC1C2CNCC2CN1CC(=O)NCCNC(C)=O. The van der Waals surface area contributed by atoms with Crippen molar-refractivity contribution in [2.45, 2.75) is 26.3 Å². The fourth-order valence-electron chi connectivity index (χ4n) is 3.53. The quantitative estimate of drug-likeness (QED) is 0.556. The minimum absolute atomic E-state index is 0.0572.